The normalized spacial score (nSPS) is 22.8. The van der Waals surface area contributed by atoms with Gasteiger partial charge in [0.15, 0.2) is 0 Å². The van der Waals surface area contributed by atoms with Gasteiger partial charge in [0.2, 0.25) is 5.91 Å². The lowest BCUT2D eigenvalue weighted by molar-refractivity contribution is -0.129. The van der Waals surface area contributed by atoms with Gasteiger partial charge < -0.3 is 15.5 Å². The third-order valence-corrected chi connectivity index (χ3v) is 4.29. The number of fused-ring (bicyclic) bond motifs is 1. The number of nitrogens with zero attached hydrogens (tertiary/aromatic N) is 2. The number of benzene rings is 1. The predicted octanol–water partition coefficient (Wildman–Crippen LogP) is 1.26. The Bertz CT molecular complexity index is 500. The van der Waals surface area contributed by atoms with Crippen LogP contribution < -0.4 is 10.6 Å². The molecule has 3 rings (SSSR count). The Morgan fingerprint density at radius 1 is 1.37 bits per heavy atom. The Morgan fingerprint density at radius 2 is 2.21 bits per heavy atom. The topological polar surface area (TPSA) is 49.6 Å². The van der Waals surface area contributed by atoms with Crippen LogP contribution in [0.3, 0.4) is 0 Å². The summed E-state index contributed by atoms with van der Waals surface area (Å²) >= 11 is 0. The van der Waals surface area contributed by atoms with Crippen molar-refractivity contribution < 1.29 is 4.79 Å². The van der Waals surface area contributed by atoms with E-state index in [1.807, 2.05) is 4.90 Å². The number of carbonyl (C=O) groups excluding carboxylic acids is 1. The molecule has 19 heavy (non-hydrogen) atoms. The molecule has 0 saturated carbocycles. The van der Waals surface area contributed by atoms with Gasteiger partial charge in [0.1, 0.15) is 0 Å². The van der Waals surface area contributed by atoms with Crippen LogP contribution in [-0.2, 0) is 11.3 Å². The first-order chi connectivity index (χ1) is 9.19. The summed E-state index contributed by atoms with van der Waals surface area (Å²) in [5, 5.41) is 0. The molecule has 1 atom stereocenters. The van der Waals surface area contributed by atoms with Crippen molar-refractivity contribution in [3.8, 4) is 0 Å². The first-order valence-electron chi connectivity index (χ1n) is 7.03. The van der Waals surface area contributed by atoms with Crippen LogP contribution in [0.15, 0.2) is 18.2 Å². The minimum atomic E-state index is 0.326. The number of hydrogen-bond acceptors (Lipinski definition) is 3. The van der Waals surface area contributed by atoms with Crippen molar-refractivity contribution in [2.24, 2.45) is 5.73 Å². The van der Waals surface area contributed by atoms with Gasteiger partial charge in [0, 0.05) is 44.3 Å². The van der Waals surface area contributed by atoms with E-state index >= 15 is 0 Å². The Morgan fingerprint density at radius 3 is 3.00 bits per heavy atom. The van der Waals surface area contributed by atoms with Crippen LogP contribution in [0.25, 0.3) is 0 Å². The third-order valence-electron chi connectivity index (χ3n) is 4.29. The minimum Gasteiger partial charge on any atom is -0.367 e. The highest BCUT2D eigenvalue weighted by Crippen LogP contribution is 2.28. The van der Waals surface area contributed by atoms with Crippen molar-refractivity contribution in [1.82, 2.24) is 4.90 Å². The number of rotatable bonds is 2. The molecule has 2 aliphatic rings. The number of amides is 1. The van der Waals surface area contributed by atoms with Gasteiger partial charge in [-0.1, -0.05) is 17.7 Å². The van der Waals surface area contributed by atoms with Crippen molar-refractivity contribution in [2.75, 3.05) is 24.5 Å². The second kappa shape index (κ2) is 4.85. The lowest BCUT2D eigenvalue weighted by Gasteiger charge is -2.39. The van der Waals surface area contributed by atoms with E-state index < -0.39 is 0 Å². The van der Waals surface area contributed by atoms with Crippen molar-refractivity contribution >= 4 is 11.6 Å². The predicted molar refractivity (Wildman–Crippen MR) is 76.0 cm³/mol. The molecule has 2 fully saturated rings. The van der Waals surface area contributed by atoms with Crippen LogP contribution >= 0.6 is 0 Å². The van der Waals surface area contributed by atoms with Crippen LogP contribution in [0.2, 0.25) is 0 Å². The summed E-state index contributed by atoms with van der Waals surface area (Å²) in [5.41, 5.74) is 9.56. The van der Waals surface area contributed by atoms with E-state index in [2.05, 4.69) is 30.0 Å². The lowest BCUT2D eigenvalue weighted by Crippen LogP contribution is -2.51. The fourth-order valence-electron chi connectivity index (χ4n) is 3.27. The van der Waals surface area contributed by atoms with Gasteiger partial charge in [0.25, 0.3) is 0 Å². The quantitative estimate of drug-likeness (QED) is 0.870. The molecule has 102 valence electrons. The van der Waals surface area contributed by atoms with Crippen molar-refractivity contribution in [3.05, 3.63) is 29.3 Å². The molecule has 2 saturated heterocycles. The molecular weight excluding hydrogens is 238 g/mol. The molecule has 1 unspecified atom stereocenters. The van der Waals surface area contributed by atoms with E-state index in [1.54, 1.807) is 0 Å². The van der Waals surface area contributed by atoms with E-state index in [0.717, 1.165) is 32.5 Å². The van der Waals surface area contributed by atoms with Gasteiger partial charge in [-0.25, -0.2) is 0 Å². The largest absolute Gasteiger partial charge is 0.367 e. The molecule has 0 aromatic heterocycles. The van der Waals surface area contributed by atoms with Crippen LogP contribution in [0.5, 0.6) is 0 Å². The SMILES string of the molecule is Cc1ccc(N2CCN3C(=O)CCC3C2)c(CN)c1. The van der Waals surface area contributed by atoms with Crippen molar-refractivity contribution in [2.45, 2.75) is 32.4 Å². The van der Waals surface area contributed by atoms with E-state index in [1.165, 1.54) is 16.8 Å². The maximum atomic E-state index is 11.7. The molecule has 0 bridgehead atoms. The van der Waals surface area contributed by atoms with Crippen LogP contribution in [0.4, 0.5) is 5.69 Å². The first kappa shape index (κ1) is 12.5. The standard InChI is InChI=1S/C15H21N3O/c1-11-2-4-14(12(8-11)9-16)17-6-7-18-13(10-17)3-5-15(18)19/h2,4,8,13H,3,5-7,9-10,16H2,1H3. The van der Waals surface area contributed by atoms with Crippen LogP contribution in [-0.4, -0.2) is 36.5 Å². The van der Waals surface area contributed by atoms with Gasteiger partial charge >= 0.3 is 0 Å². The minimum absolute atomic E-state index is 0.326. The van der Waals surface area contributed by atoms with Gasteiger partial charge in [-0.15, -0.1) is 0 Å². The zero-order chi connectivity index (χ0) is 13.4. The van der Waals surface area contributed by atoms with Crippen molar-refractivity contribution in [3.63, 3.8) is 0 Å². The summed E-state index contributed by atoms with van der Waals surface area (Å²) in [4.78, 5) is 16.1. The molecule has 2 N–H and O–H groups in total. The van der Waals surface area contributed by atoms with Gasteiger partial charge in [-0.3, -0.25) is 4.79 Å². The highest BCUT2D eigenvalue weighted by molar-refractivity contribution is 5.79. The molecule has 0 radical (unpaired) electrons. The number of piperazine rings is 1. The Kier molecular flexibility index (Phi) is 3.19. The molecule has 2 aliphatic heterocycles. The lowest BCUT2D eigenvalue weighted by atomic mass is 10.1. The summed E-state index contributed by atoms with van der Waals surface area (Å²) in [6, 6.07) is 6.87. The number of nitrogens with two attached hydrogens (primary N) is 1. The summed E-state index contributed by atoms with van der Waals surface area (Å²) in [7, 11) is 0. The average molecular weight is 259 g/mol. The van der Waals surface area contributed by atoms with Gasteiger partial charge in [-0.05, 0) is 25.0 Å². The summed E-state index contributed by atoms with van der Waals surface area (Å²) in [6.07, 6.45) is 1.72. The average Bonchev–Trinajstić information content (AvgIpc) is 2.79. The number of hydrogen-bond donors (Lipinski definition) is 1. The second-order valence-electron chi connectivity index (χ2n) is 5.56. The molecule has 0 spiro atoms. The highest BCUT2D eigenvalue weighted by atomic mass is 16.2. The van der Waals surface area contributed by atoms with Crippen molar-refractivity contribution in [1.29, 1.82) is 0 Å². The fraction of sp³-hybridized carbons (Fsp3) is 0.533. The molecular formula is C15H21N3O. The van der Waals surface area contributed by atoms with E-state index in [9.17, 15) is 4.79 Å². The van der Waals surface area contributed by atoms with E-state index in [-0.39, 0.29) is 0 Å². The second-order valence-corrected chi connectivity index (χ2v) is 5.56. The van der Waals surface area contributed by atoms with Crippen LogP contribution in [0.1, 0.15) is 24.0 Å². The van der Waals surface area contributed by atoms with Gasteiger partial charge in [-0.2, -0.15) is 0 Å². The number of carbonyl (C=O) groups is 1. The first-order valence-corrected chi connectivity index (χ1v) is 7.03. The molecule has 4 nitrogen and oxygen atoms in total. The highest BCUT2D eigenvalue weighted by Gasteiger charge is 2.35. The molecule has 1 amide bonds. The number of aryl methyl sites for hydroxylation is 1. The molecule has 0 aliphatic carbocycles. The van der Waals surface area contributed by atoms with Crippen LogP contribution in [0, 0.1) is 6.92 Å². The summed E-state index contributed by atoms with van der Waals surface area (Å²) < 4.78 is 0. The van der Waals surface area contributed by atoms with E-state index in [4.69, 9.17) is 5.73 Å². The van der Waals surface area contributed by atoms with Gasteiger partial charge in [0.05, 0.1) is 0 Å². The Labute approximate surface area is 114 Å². The smallest absolute Gasteiger partial charge is 0.223 e. The maximum absolute atomic E-state index is 11.7. The molecule has 1 aromatic rings. The Balaban J connectivity index is 1.82. The monoisotopic (exact) mass is 259 g/mol. The molecule has 1 aromatic carbocycles. The third kappa shape index (κ3) is 2.21. The Hall–Kier alpha value is -1.55. The zero-order valence-corrected chi connectivity index (χ0v) is 11.4. The molecule has 2 heterocycles. The maximum Gasteiger partial charge on any atom is 0.223 e. The summed E-state index contributed by atoms with van der Waals surface area (Å²) in [6.45, 7) is 5.37. The summed E-state index contributed by atoms with van der Waals surface area (Å²) in [5.74, 6) is 0.326. The van der Waals surface area contributed by atoms with E-state index in [0.29, 0.717) is 18.5 Å². The number of anilines is 1. The molecule has 4 heteroatoms. The fourth-order valence-corrected chi connectivity index (χ4v) is 3.27. The zero-order valence-electron chi connectivity index (χ0n) is 11.4.